The maximum atomic E-state index is 13.7. The number of ketones is 2. The topological polar surface area (TPSA) is 125 Å². The molecule has 5 N–H and O–H groups in total. The SMILES string of the molecule is CCCCCCCC(N)c1cc(-c2ccc3c(c2)C2CCCC2N3c2ccc3c(c2)-c2ccccc2C3(NCCCC)NCCCC)sc1/C=C1\C(=O)c2ccc(C(=O)O)cc2C1=O. The number of unbranched alkanes of at least 4 members (excludes halogenated alkanes) is 6. The molecular formula is C55H62N4O4S. The third-order valence-electron chi connectivity index (χ3n) is 14.3. The van der Waals surface area contributed by atoms with E-state index in [4.69, 9.17) is 5.73 Å². The van der Waals surface area contributed by atoms with Gasteiger partial charge in [0.15, 0.2) is 11.6 Å². The lowest BCUT2D eigenvalue weighted by molar-refractivity contribution is 0.0696. The molecule has 0 radical (unpaired) electrons. The van der Waals surface area contributed by atoms with Crippen molar-refractivity contribution in [3.05, 3.63) is 134 Å². The van der Waals surface area contributed by atoms with Crippen LogP contribution < -0.4 is 21.3 Å². The predicted octanol–water partition coefficient (Wildman–Crippen LogP) is 12.7. The molecule has 1 aromatic heterocycles. The van der Waals surface area contributed by atoms with Gasteiger partial charge in [-0.05, 0) is 139 Å². The zero-order valence-electron chi connectivity index (χ0n) is 37.6. The van der Waals surface area contributed by atoms with Crippen molar-refractivity contribution < 1.29 is 19.5 Å². The van der Waals surface area contributed by atoms with Crippen LogP contribution in [0.4, 0.5) is 11.4 Å². The number of Topliss-reactive ketones (excluding diaryl/α,β-unsaturated/α-hetero) is 2. The highest BCUT2D eigenvalue weighted by Crippen LogP contribution is 2.55. The van der Waals surface area contributed by atoms with Gasteiger partial charge < -0.3 is 15.7 Å². The molecule has 4 aromatic carbocycles. The van der Waals surface area contributed by atoms with Crippen LogP contribution in [0.25, 0.3) is 27.6 Å². The second-order valence-electron chi connectivity index (χ2n) is 18.4. The van der Waals surface area contributed by atoms with Crippen LogP contribution in [0.2, 0.25) is 0 Å². The van der Waals surface area contributed by atoms with E-state index in [1.54, 1.807) is 17.4 Å². The van der Waals surface area contributed by atoms with Gasteiger partial charge in [-0.2, -0.15) is 0 Å². The summed E-state index contributed by atoms with van der Waals surface area (Å²) >= 11 is 1.57. The third kappa shape index (κ3) is 7.88. The summed E-state index contributed by atoms with van der Waals surface area (Å²) in [6.45, 7) is 8.58. The second-order valence-corrected chi connectivity index (χ2v) is 19.4. The number of nitrogens with zero attached hydrogens (tertiary/aromatic N) is 1. The summed E-state index contributed by atoms with van der Waals surface area (Å²) in [5.41, 5.74) is 18.1. The first-order valence-corrected chi connectivity index (χ1v) is 24.8. The van der Waals surface area contributed by atoms with Crippen molar-refractivity contribution in [1.82, 2.24) is 10.6 Å². The van der Waals surface area contributed by atoms with Crippen molar-refractivity contribution in [3.8, 4) is 21.6 Å². The maximum absolute atomic E-state index is 13.7. The summed E-state index contributed by atoms with van der Waals surface area (Å²) in [4.78, 5) is 43.6. The number of rotatable bonds is 19. The molecule has 2 heterocycles. The molecule has 3 aliphatic carbocycles. The summed E-state index contributed by atoms with van der Waals surface area (Å²) in [5.74, 6) is -1.54. The van der Waals surface area contributed by atoms with Crippen molar-refractivity contribution in [2.75, 3.05) is 18.0 Å². The van der Waals surface area contributed by atoms with Gasteiger partial charge in [0.2, 0.25) is 0 Å². The van der Waals surface area contributed by atoms with E-state index in [9.17, 15) is 19.5 Å². The van der Waals surface area contributed by atoms with Gasteiger partial charge in [0.25, 0.3) is 0 Å². The van der Waals surface area contributed by atoms with Gasteiger partial charge in [0.1, 0.15) is 5.66 Å². The van der Waals surface area contributed by atoms with Crippen LogP contribution in [0.15, 0.2) is 90.5 Å². The Labute approximate surface area is 382 Å². The number of hydrogen-bond acceptors (Lipinski definition) is 8. The first-order valence-electron chi connectivity index (χ1n) is 23.9. The molecule has 9 heteroatoms. The minimum atomic E-state index is -1.14. The van der Waals surface area contributed by atoms with E-state index in [0.29, 0.717) is 12.0 Å². The van der Waals surface area contributed by atoms with E-state index in [-0.39, 0.29) is 34.1 Å². The number of carbonyl (C=O) groups is 3. The number of anilines is 2. The Bertz CT molecular complexity index is 2620. The van der Waals surface area contributed by atoms with Crippen LogP contribution in [-0.2, 0) is 5.66 Å². The van der Waals surface area contributed by atoms with E-state index in [2.05, 4.69) is 103 Å². The van der Waals surface area contributed by atoms with Crippen molar-refractivity contribution in [2.24, 2.45) is 5.73 Å². The lowest BCUT2D eigenvalue weighted by atomic mass is 9.95. The second kappa shape index (κ2) is 18.7. The largest absolute Gasteiger partial charge is 0.478 e. The van der Waals surface area contributed by atoms with Crippen LogP contribution in [0.5, 0.6) is 0 Å². The summed E-state index contributed by atoms with van der Waals surface area (Å²) in [5, 5.41) is 17.6. The molecule has 4 aliphatic rings. The minimum absolute atomic E-state index is 0.0150. The number of nitrogens with two attached hydrogens (primary N) is 1. The highest BCUT2D eigenvalue weighted by molar-refractivity contribution is 7.16. The van der Waals surface area contributed by atoms with E-state index < -0.39 is 17.4 Å². The van der Waals surface area contributed by atoms with Crippen molar-refractivity contribution in [2.45, 2.75) is 128 Å². The molecule has 3 atom stereocenters. The molecule has 3 unspecified atom stereocenters. The number of carbonyl (C=O) groups excluding carboxylic acids is 2. The summed E-state index contributed by atoms with van der Waals surface area (Å²) in [7, 11) is 0. The Hall–Kier alpha value is -5.19. The van der Waals surface area contributed by atoms with Gasteiger partial charge in [-0.25, -0.2) is 4.79 Å². The van der Waals surface area contributed by atoms with E-state index in [0.717, 1.165) is 91.8 Å². The fraction of sp³-hybridized carbons (Fsp3) is 0.400. The molecule has 1 fully saturated rings. The third-order valence-corrected chi connectivity index (χ3v) is 15.4. The Morgan fingerprint density at radius 3 is 2.30 bits per heavy atom. The van der Waals surface area contributed by atoms with Crippen LogP contribution in [0.3, 0.4) is 0 Å². The predicted molar refractivity (Wildman–Crippen MR) is 261 cm³/mol. The molecule has 8 nitrogen and oxygen atoms in total. The number of carboxylic acids is 1. The number of nitrogens with one attached hydrogen (secondary N) is 2. The normalized spacial score (nSPS) is 18.9. The number of aromatic carboxylic acids is 1. The average Bonchev–Trinajstić information content (AvgIpc) is 4.12. The quantitative estimate of drug-likeness (QED) is 0.0280. The molecule has 1 saturated carbocycles. The zero-order valence-corrected chi connectivity index (χ0v) is 38.4. The molecule has 0 spiro atoms. The molecule has 0 amide bonds. The lowest BCUT2D eigenvalue weighted by Crippen LogP contribution is -2.54. The Kier molecular flexibility index (Phi) is 12.9. The van der Waals surface area contributed by atoms with Gasteiger partial charge in [0.05, 0.1) is 11.1 Å². The summed E-state index contributed by atoms with van der Waals surface area (Å²) in [6.07, 6.45) is 16.2. The smallest absolute Gasteiger partial charge is 0.335 e. The van der Waals surface area contributed by atoms with Crippen LogP contribution in [0, 0.1) is 0 Å². The molecule has 0 saturated heterocycles. The van der Waals surface area contributed by atoms with Crippen molar-refractivity contribution in [3.63, 3.8) is 0 Å². The standard InChI is InChI=1S/C55H62N4O4S/c1-4-7-10-11-12-19-47(56)43-32-50(64-51(43)33-44-52(60)39-24-21-35(54(62)63)30-42(39)53(44)61)34-22-26-49-41(29-34)38-17-15-20-48(38)59(49)36-23-25-46-40(31-36)37-16-13-14-18-45(37)55(46,57-27-8-5-2)58-28-9-6-3/h13-14,16,18,21-26,29-33,38,47-48,57-58H,4-12,15,17,19-20,27-28,56H2,1-3H3,(H,62,63)/b44-33+. The Morgan fingerprint density at radius 1 is 0.797 bits per heavy atom. The summed E-state index contributed by atoms with van der Waals surface area (Å²) < 4.78 is 0. The first kappa shape index (κ1) is 44.0. The highest BCUT2D eigenvalue weighted by atomic mass is 32.1. The fourth-order valence-corrected chi connectivity index (χ4v) is 12.1. The van der Waals surface area contributed by atoms with Gasteiger partial charge in [-0.3, -0.25) is 20.2 Å². The lowest BCUT2D eigenvalue weighted by Gasteiger charge is -2.35. The fourth-order valence-electron chi connectivity index (χ4n) is 10.9. The monoisotopic (exact) mass is 874 g/mol. The highest BCUT2D eigenvalue weighted by Gasteiger charge is 2.45. The summed E-state index contributed by atoms with van der Waals surface area (Å²) in [6, 6.07) is 29.5. The van der Waals surface area contributed by atoms with E-state index in [1.807, 2.05) is 0 Å². The number of allylic oxidation sites excluding steroid dienone is 1. The van der Waals surface area contributed by atoms with Crippen LogP contribution in [0.1, 0.15) is 174 Å². The molecule has 0 bridgehead atoms. The Balaban J connectivity index is 1.07. The van der Waals surface area contributed by atoms with E-state index >= 15 is 0 Å². The van der Waals surface area contributed by atoms with Gasteiger partial charge in [-0.1, -0.05) is 109 Å². The number of fused-ring (bicyclic) bond motifs is 7. The van der Waals surface area contributed by atoms with Crippen LogP contribution >= 0.6 is 11.3 Å². The molecule has 1 aliphatic heterocycles. The molecular weight excluding hydrogens is 813 g/mol. The van der Waals surface area contributed by atoms with Crippen LogP contribution in [-0.4, -0.2) is 41.8 Å². The Morgan fingerprint density at radius 2 is 1.53 bits per heavy atom. The zero-order chi connectivity index (χ0) is 44.5. The van der Waals surface area contributed by atoms with E-state index in [1.165, 1.54) is 83.1 Å². The van der Waals surface area contributed by atoms with Crippen molar-refractivity contribution in [1.29, 1.82) is 0 Å². The minimum Gasteiger partial charge on any atom is -0.478 e. The average molecular weight is 875 g/mol. The maximum Gasteiger partial charge on any atom is 0.335 e. The van der Waals surface area contributed by atoms with Crippen molar-refractivity contribution >= 4 is 46.3 Å². The molecule has 9 rings (SSSR count). The van der Waals surface area contributed by atoms with Gasteiger partial charge >= 0.3 is 5.97 Å². The number of thiophene rings is 1. The number of carboxylic acid groups (broad SMARTS) is 1. The molecule has 332 valence electrons. The first-order chi connectivity index (χ1) is 31.2. The van der Waals surface area contributed by atoms with Gasteiger partial charge in [-0.15, -0.1) is 11.3 Å². The van der Waals surface area contributed by atoms with Gasteiger partial charge in [0, 0.05) is 50.3 Å². The molecule has 64 heavy (non-hydrogen) atoms. The number of hydrogen-bond donors (Lipinski definition) is 4. The number of benzene rings is 4. The molecule has 5 aromatic rings.